The van der Waals surface area contributed by atoms with Crippen LogP contribution >= 0.6 is 11.3 Å². The van der Waals surface area contributed by atoms with Gasteiger partial charge in [0.1, 0.15) is 5.82 Å². The second-order valence-corrected chi connectivity index (χ2v) is 7.56. The standard InChI is InChI=1S/C19H26FN5OS/c1-14-23-16(13-27-14)12-24(3)19(21-2)22-11-15-4-5-18(17(20)10-15)25-6-8-26-9-7-25/h4-5,10,13H,6-9,11-12H2,1-3H3,(H,21,22). The highest BCUT2D eigenvalue weighted by atomic mass is 32.1. The van der Waals surface area contributed by atoms with Gasteiger partial charge in [-0.1, -0.05) is 6.07 Å². The molecule has 1 N–H and O–H groups in total. The average Bonchev–Trinajstić information content (AvgIpc) is 3.07. The third kappa shape index (κ3) is 5.17. The number of hydrogen-bond donors (Lipinski definition) is 1. The van der Waals surface area contributed by atoms with Crippen LogP contribution in [0.25, 0.3) is 0 Å². The number of thiazole rings is 1. The first kappa shape index (κ1) is 19.6. The molecule has 2 aromatic rings. The number of aliphatic imine (C=N–C) groups is 1. The van der Waals surface area contributed by atoms with Crippen molar-refractivity contribution in [2.75, 3.05) is 45.3 Å². The van der Waals surface area contributed by atoms with Crippen LogP contribution in [-0.4, -0.2) is 56.2 Å². The maximum Gasteiger partial charge on any atom is 0.194 e. The summed E-state index contributed by atoms with van der Waals surface area (Å²) in [5, 5.41) is 6.40. The van der Waals surface area contributed by atoms with Gasteiger partial charge in [0.05, 0.1) is 36.1 Å². The summed E-state index contributed by atoms with van der Waals surface area (Å²) in [5.41, 5.74) is 2.54. The second kappa shape index (κ2) is 9.14. The highest BCUT2D eigenvalue weighted by Crippen LogP contribution is 2.21. The number of hydrogen-bond acceptors (Lipinski definition) is 5. The van der Waals surface area contributed by atoms with Gasteiger partial charge in [-0.3, -0.25) is 4.99 Å². The summed E-state index contributed by atoms with van der Waals surface area (Å²) in [6.45, 7) is 5.91. The lowest BCUT2D eigenvalue weighted by Gasteiger charge is -2.29. The van der Waals surface area contributed by atoms with E-state index >= 15 is 0 Å². The lowest BCUT2D eigenvalue weighted by atomic mass is 10.1. The van der Waals surface area contributed by atoms with Crippen LogP contribution in [0, 0.1) is 12.7 Å². The molecule has 1 aromatic heterocycles. The van der Waals surface area contributed by atoms with Gasteiger partial charge in [-0.25, -0.2) is 9.37 Å². The minimum absolute atomic E-state index is 0.197. The molecule has 1 fully saturated rings. The van der Waals surface area contributed by atoms with E-state index in [2.05, 4.69) is 20.7 Å². The lowest BCUT2D eigenvalue weighted by molar-refractivity contribution is 0.122. The van der Waals surface area contributed by atoms with Crippen molar-refractivity contribution in [2.24, 2.45) is 4.99 Å². The van der Waals surface area contributed by atoms with Crippen molar-refractivity contribution in [2.45, 2.75) is 20.0 Å². The molecule has 1 aliphatic rings. The van der Waals surface area contributed by atoms with E-state index in [9.17, 15) is 4.39 Å². The van der Waals surface area contributed by atoms with E-state index in [1.165, 1.54) is 0 Å². The molecule has 2 heterocycles. The zero-order chi connectivity index (χ0) is 19.2. The summed E-state index contributed by atoms with van der Waals surface area (Å²) < 4.78 is 19.9. The smallest absolute Gasteiger partial charge is 0.194 e. The second-order valence-electron chi connectivity index (χ2n) is 6.50. The van der Waals surface area contributed by atoms with Gasteiger partial charge in [0, 0.05) is 39.1 Å². The molecule has 1 aromatic carbocycles. The number of nitrogens with zero attached hydrogens (tertiary/aromatic N) is 4. The summed E-state index contributed by atoms with van der Waals surface area (Å²) in [5.74, 6) is 0.552. The van der Waals surface area contributed by atoms with Crippen molar-refractivity contribution in [1.29, 1.82) is 0 Å². The molecule has 0 amide bonds. The van der Waals surface area contributed by atoms with Crippen LogP contribution in [0.3, 0.4) is 0 Å². The Balaban J connectivity index is 1.58. The maximum absolute atomic E-state index is 14.5. The zero-order valence-corrected chi connectivity index (χ0v) is 16.9. The summed E-state index contributed by atoms with van der Waals surface area (Å²) in [6.07, 6.45) is 0. The molecule has 0 bridgehead atoms. The van der Waals surface area contributed by atoms with Crippen LogP contribution in [0.15, 0.2) is 28.6 Å². The molecule has 0 aliphatic carbocycles. The fraction of sp³-hybridized carbons (Fsp3) is 0.474. The van der Waals surface area contributed by atoms with E-state index in [-0.39, 0.29) is 5.82 Å². The quantitative estimate of drug-likeness (QED) is 0.627. The molecule has 146 valence electrons. The third-order valence-corrected chi connectivity index (χ3v) is 5.28. The topological polar surface area (TPSA) is 53.0 Å². The highest BCUT2D eigenvalue weighted by molar-refractivity contribution is 7.09. The number of ether oxygens (including phenoxy) is 1. The van der Waals surface area contributed by atoms with Gasteiger partial charge in [0.25, 0.3) is 0 Å². The first-order valence-electron chi connectivity index (χ1n) is 9.00. The Labute approximate surface area is 163 Å². The molecule has 0 radical (unpaired) electrons. The SMILES string of the molecule is CN=C(NCc1ccc(N2CCOCC2)c(F)c1)N(C)Cc1csc(C)n1. The fourth-order valence-electron chi connectivity index (χ4n) is 3.09. The molecule has 1 aliphatic heterocycles. The monoisotopic (exact) mass is 391 g/mol. The van der Waals surface area contributed by atoms with Crippen LogP contribution in [0.4, 0.5) is 10.1 Å². The number of benzene rings is 1. The van der Waals surface area contributed by atoms with E-state index in [1.807, 2.05) is 35.9 Å². The number of aryl methyl sites for hydroxylation is 1. The summed E-state index contributed by atoms with van der Waals surface area (Å²) >= 11 is 1.64. The first-order chi connectivity index (χ1) is 13.1. The molecule has 8 heteroatoms. The van der Waals surface area contributed by atoms with Crippen molar-refractivity contribution in [3.63, 3.8) is 0 Å². The number of rotatable bonds is 5. The molecule has 0 saturated carbocycles. The summed E-state index contributed by atoms with van der Waals surface area (Å²) in [4.78, 5) is 12.8. The Bertz CT molecular complexity index is 788. The predicted molar refractivity (Wildman–Crippen MR) is 108 cm³/mol. The van der Waals surface area contributed by atoms with Crippen molar-refractivity contribution < 1.29 is 9.13 Å². The zero-order valence-electron chi connectivity index (χ0n) is 16.0. The Morgan fingerprint density at radius 2 is 2.19 bits per heavy atom. The third-order valence-electron chi connectivity index (χ3n) is 4.45. The van der Waals surface area contributed by atoms with E-state index in [4.69, 9.17) is 4.74 Å². The average molecular weight is 392 g/mol. The Morgan fingerprint density at radius 3 is 2.81 bits per heavy atom. The van der Waals surface area contributed by atoms with Crippen molar-refractivity contribution >= 4 is 23.0 Å². The van der Waals surface area contributed by atoms with Crippen molar-refractivity contribution in [3.05, 3.63) is 45.7 Å². The fourth-order valence-corrected chi connectivity index (χ4v) is 3.69. The van der Waals surface area contributed by atoms with E-state index < -0.39 is 0 Å². The number of morpholine rings is 1. The number of anilines is 1. The normalized spacial score (nSPS) is 15.1. The minimum atomic E-state index is -0.197. The maximum atomic E-state index is 14.5. The van der Waals surface area contributed by atoms with Crippen LogP contribution in [-0.2, 0) is 17.8 Å². The van der Waals surface area contributed by atoms with Gasteiger partial charge < -0.3 is 19.9 Å². The first-order valence-corrected chi connectivity index (χ1v) is 9.88. The van der Waals surface area contributed by atoms with Gasteiger partial charge in [-0.05, 0) is 24.6 Å². The highest BCUT2D eigenvalue weighted by Gasteiger charge is 2.15. The molecule has 1 saturated heterocycles. The largest absolute Gasteiger partial charge is 0.378 e. The molecule has 0 spiro atoms. The van der Waals surface area contributed by atoms with Gasteiger partial charge in [-0.15, -0.1) is 11.3 Å². The molecule has 0 unspecified atom stereocenters. The van der Waals surface area contributed by atoms with Crippen molar-refractivity contribution in [3.8, 4) is 0 Å². The van der Waals surface area contributed by atoms with E-state index in [0.717, 1.165) is 35.3 Å². The van der Waals surface area contributed by atoms with E-state index in [1.54, 1.807) is 24.5 Å². The Morgan fingerprint density at radius 1 is 1.41 bits per heavy atom. The van der Waals surface area contributed by atoms with E-state index in [0.29, 0.717) is 32.0 Å². The van der Waals surface area contributed by atoms with Gasteiger partial charge in [0.2, 0.25) is 0 Å². The van der Waals surface area contributed by atoms with Gasteiger partial charge >= 0.3 is 0 Å². The van der Waals surface area contributed by atoms with Crippen LogP contribution in [0.5, 0.6) is 0 Å². The van der Waals surface area contributed by atoms with Crippen LogP contribution in [0.1, 0.15) is 16.3 Å². The Hall–Kier alpha value is -2.19. The Kier molecular flexibility index (Phi) is 6.63. The minimum Gasteiger partial charge on any atom is -0.378 e. The van der Waals surface area contributed by atoms with Crippen LogP contribution < -0.4 is 10.2 Å². The molecule has 0 atom stereocenters. The molecular formula is C19H26FN5OS. The molecule has 27 heavy (non-hydrogen) atoms. The number of aromatic nitrogens is 1. The lowest BCUT2D eigenvalue weighted by Crippen LogP contribution is -2.38. The summed E-state index contributed by atoms with van der Waals surface area (Å²) in [7, 11) is 3.71. The number of halogens is 1. The van der Waals surface area contributed by atoms with Crippen LogP contribution in [0.2, 0.25) is 0 Å². The predicted octanol–water partition coefficient (Wildman–Crippen LogP) is 2.63. The molecule has 6 nitrogen and oxygen atoms in total. The molecule has 3 rings (SSSR count). The van der Waals surface area contributed by atoms with Gasteiger partial charge in [-0.2, -0.15) is 0 Å². The summed E-state index contributed by atoms with van der Waals surface area (Å²) in [6, 6.07) is 5.40. The molecular weight excluding hydrogens is 365 g/mol. The van der Waals surface area contributed by atoms with Crippen molar-refractivity contribution in [1.82, 2.24) is 15.2 Å². The van der Waals surface area contributed by atoms with Gasteiger partial charge in [0.15, 0.2) is 5.96 Å². The number of nitrogens with one attached hydrogen (secondary N) is 1. The number of guanidine groups is 1.